The Balaban J connectivity index is 2.86. The first-order valence-electron chi connectivity index (χ1n) is 5.43. The number of Topliss-reactive ketones (excluding diaryl/α,β-unsaturated/α-hetero) is 1. The molecule has 5 heteroatoms. The smallest absolute Gasteiger partial charge is 0.213 e. The lowest BCUT2D eigenvalue weighted by Crippen LogP contribution is -2.25. The van der Waals surface area contributed by atoms with Gasteiger partial charge in [0.2, 0.25) is 5.78 Å². The summed E-state index contributed by atoms with van der Waals surface area (Å²) in [6, 6.07) is 0. The van der Waals surface area contributed by atoms with Crippen LogP contribution in [0.15, 0.2) is 11.8 Å². The summed E-state index contributed by atoms with van der Waals surface area (Å²) in [7, 11) is 1.51. The van der Waals surface area contributed by atoms with Crippen molar-refractivity contribution in [3.05, 3.63) is 34.0 Å². The Morgan fingerprint density at radius 1 is 1.00 bits per heavy atom. The molecular weight excluding hydrogens is 234 g/mol. The molecular formula is C13H13NO4. The zero-order chi connectivity index (χ0) is 13.6. The number of carbonyl (C=O) groups excluding carboxylic acids is 2. The van der Waals surface area contributed by atoms with Crippen LogP contribution in [0.3, 0.4) is 0 Å². The van der Waals surface area contributed by atoms with Crippen LogP contribution in [0.4, 0.5) is 0 Å². The van der Waals surface area contributed by atoms with Gasteiger partial charge >= 0.3 is 0 Å². The van der Waals surface area contributed by atoms with E-state index in [1.54, 1.807) is 13.8 Å². The van der Waals surface area contributed by atoms with Crippen molar-refractivity contribution in [2.45, 2.75) is 13.8 Å². The van der Waals surface area contributed by atoms with Crippen LogP contribution in [0.5, 0.6) is 11.5 Å². The minimum Gasteiger partial charge on any atom is -0.507 e. The lowest BCUT2D eigenvalue weighted by molar-refractivity contribution is 0.0974. The zero-order valence-corrected chi connectivity index (χ0v) is 10.3. The SMILES string of the molecule is CNC1=CC(=O)c2c(O)c(C)c(C)c(O)c2C1=O. The number of allylic oxidation sites excluding steroid dienone is 2. The monoisotopic (exact) mass is 247 g/mol. The minimum absolute atomic E-state index is 0.102. The van der Waals surface area contributed by atoms with Gasteiger partial charge in [0.1, 0.15) is 11.5 Å². The van der Waals surface area contributed by atoms with Gasteiger partial charge < -0.3 is 15.5 Å². The standard InChI is InChI=1S/C13H13NO4/c1-5-6(2)12(17)10-9(11(5)16)8(15)4-7(14-3)13(10)18/h4,14,16-17H,1-3H3. The average molecular weight is 247 g/mol. The van der Waals surface area contributed by atoms with E-state index >= 15 is 0 Å². The third-order valence-corrected chi connectivity index (χ3v) is 3.26. The highest BCUT2D eigenvalue weighted by molar-refractivity contribution is 6.26. The summed E-state index contributed by atoms with van der Waals surface area (Å²) in [6.07, 6.45) is 1.12. The van der Waals surface area contributed by atoms with Gasteiger partial charge in [-0.3, -0.25) is 9.59 Å². The molecule has 0 aromatic heterocycles. The van der Waals surface area contributed by atoms with Crippen LogP contribution in [0.1, 0.15) is 31.8 Å². The topological polar surface area (TPSA) is 86.6 Å². The van der Waals surface area contributed by atoms with Crippen molar-refractivity contribution in [2.75, 3.05) is 7.05 Å². The molecule has 18 heavy (non-hydrogen) atoms. The Hall–Kier alpha value is -2.30. The minimum atomic E-state index is -0.497. The quantitative estimate of drug-likeness (QED) is 0.649. The molecule has 0 unspecified atom stereocenters. The number of fused-ring (bicyclic) bond motifs is 1. The fraction of sp³-hybridized carbons (Fsp3) is 0.231. The van der Waals surface area contributed by atoms with Gasteiger partial charge in [0, 0.05) is 13.1 Å². The van der Waals surface area contributed by atoms with Gasteiger partial charge in [-0.15, -0.1) is 0 Å². The van der Waals surface area contributed by atoms with Crippen LogP contribution in [0, 0.1) is 13.8 Å². The molecule has 1 aliphatic carbocycles. The molecule has 0 bridgehead atoms. The number of likely N-dealkylation sites (N-methyl/N-ethyl adjacent to an activating group) is 1. The molecule has 2 rings (SSSR count). The Kier molecular flexibility index (Phi) is 2.62. The van der Waals surface area contributed by atoms with Crippen molar-refractivity contribution in [3.63, 3.8) is 0 Å². The summed E-state index contributed by atoms with van der Waals surface area (Å²) < 4.78 is 0. The second-order valence-electron chi connectivity index (χ2n) is 4.20. The van der Waals surface area contributed by atoms with E-state index in [2.05, 4.69) is 5.32 Å². The molecule has 0 fully saturated rings. The van der Waals surface area contributed by atoms with E-state index in [0.29, 0.717) is 11.1 Å². The first kappa shape index (κ1) is 12.2. The fourth-order valence-electron chi connectivity index (χ4n) is 2.02. The van der Waals surface area contributed by atoms with E-state index < -0.39 is 11.6 Å². The lowest BCUT2D eigenvalue weighted by Gasteiger charge is -2.20. The summed E-state index contributed by atoms with van der Waals surface area (Å²) in [5, 5.41) is 22.6. The number of rotatable bonds is 1. The Morgan fingerprint density at radius 3 is 2.00 bits per heavy atom. The number of benzene rings is 1. The van der Waals surface area contributed by atoms with Crippen molar-refractivity contribution in [1.82, 2.24) is 5.32 Å². The molecule has 1 aromatic rings. The molecule has 0 amide bonds. The van der Waals surface area contributed by atoms with Crippen LogP contribution < -0.4 is 5.32 Å². The van der Waals surface area contributed by atoms with Gasteiger partial charge in [-0.05, 0) is 25.0 Å². The molecule has 0 heterocycles. The number of nitrogens with one attached hydrogen (secondary N) is 1. The first-order valence-corrected chi connectivity index (χ1v) is 5.43. The highest BCUT2D eigenvalue weighted by atomic mass is 16.3. The van der Waals surface area contributed by atoms with Crippen molar-refractivity contribution in [2.24, 2.45) is 0 Å². The van der Waals surface area contributed by atoms with Crippen LogP contribution in [0.2, 0.25) is 0 Å². The Labute approximate surface area is 104 Å². The van der Waals surface area contributed by atoms with Crippen molar-refractivity contribution < 1.29 is 19.8 Å². The van der Waals surface area contributed by atoms with Crippen LogP contribution in [-0.4, -0.2) is 28.8 Å². The van der Waals surface area contributed by atoms with E-state index in [1.165, 1.54) is 7.05 Å². The number of hydrogen-bond acceptors (Lipinski definition) is 5. The molecule has 0 saturated carbocycles. The molecule has 0 radical (unpaired) electrons. The van der Waals surface area contributed by atoms with E-state index in [-0.39, 0.29) is 28.3 Å². The molecule has 5 nitrogen and oxygen atoms in total. The molecule has 0 atom stereocenters. The van der Waals surface area contributed by atoms with Crippen molar-refractivity contribution in [3.8, 4) is 11.5 Å². The van der Waals surface area contributed by atoms with Gasteiger partial charge in [-0.1, -0.05) is 0 Å². The predicted octanol–water partition coefficient (Wildman–Crippen LogP) is 1.20. The molecule has 1 aromatic carbocycles. The molecule has 0 spiro atoms. The fourth-order valence-corrected chi connectivity index (χ4v) is 2.02. The van der Waals surface area contributed by atoms with E-state index in [4.69, 9.17) is 0 Å². The highest BCUT2D eigenvalue weighted by Gasteiger charge is 2.33. The summed E-state index contributed by atoms with van der Waals surface area (Å²) in [6.45, 7) is 3.17. The molecule has 94 valence electrons. The van der Waals surface area contributed by atoms with Crippen LogP contribution in [-0.2, 0) is 0 Å². The largest absolute Gasteiger partial charge is 0.507 e. The molecule has 0 saturated heterocycles. The molecule has 0 aliphatic heterocycles. The lowest BCUT2D eigenvalue weighted by atomic mass is 9.87. The number of carbonyl (C=O) groups is 2. The molecule has 3 N–H and O–H groups in total. The highest BCUT2D eigenvalue weighted by Crippen LogP contribution is 2.39. The maximum atomic E-state index is 12.1. The van der Waals surface area contributed by atoms with E-state index in [1.807, 2.05) is 0 Å². The van der Waals surface area contributed by atoms with Gasteiger partial charge in [-0.2, -0.15) is 0 Å². The van der Waals surface area contributed by atoms with Gasteiger partial charge in [0.05, 0.1) is 16.8 Å². The van der Waals surface area contributed by atoms with Crippen LogP contribution in [0.25, 0.3) is 0 Å². The van der Waals surface area contributed by atoms with E-state index in [9.17, 15) is 19.8 Å². The number of phenolic OH excluding ortho intramolecular Hbond substituents is 2. The van der Waals surface area contributed by atoms with Crippen LogP contribution >= 0.6 is 0 Å². The third kappa shape index (κ3) is 1.40. The third-order valence-electron chi connectivity index (χ3n) is 3.26. The summed E-state index contributed by atoms with van der Waals surface area (Å²) >= 11 is 0. The Bertz CT molecular complexity index is 614. The average Bonchev–Trinajstić information content (AvgIpc) is 2.35. The van der Waals surface area contributed by atoms with Gasteiger partial charge in [0.25, 0.3) is 0 Å². The van der Waals surface area contributed by atoms with Gasteiger partial charge in [-0.25, -0.2) is 0 Å². The predicted molar refractivity (Wildman–Crippen MR) is 65.0 cm³/mol. The maximum Gasteiger partial charge on any atom is 0.213 e. The summed E-state index contributed by atoms with van der Waals surface area (Å²) in [5.41, 5.74) is 0.635. The van der Waals surface area contributed by atoms with Crippen molar-refractivity contribution >= 4 is 11.6 Å². The number of ketones is 2. The summed E-state index contributed by atoms with van der Waals surface area (Å²) in [5.74, 6) is -1.49. The van der Waals surface area contributed by atoms with E-state index in [0.717, 1.165) is 6.08 Å². The Morgan fingerprint density at radius 2 is 1.50 bits per heavy atom. The first-order chi connectivity index (χ1) is 8.40. The van der Waals surface area contributed by atoms with Crippen molar-refractivity contribution in [1.29, 1.82) is 0 Å². The number of hydrogen-bond donors (Lipinski definition) is 3. The second-order valence-corrected chi connectivity index (χ2v) is 4.20. The maximum absolute atomic E-state index is 12.1. The zero-order valence-electron chi connectivity index (χ0n) is 10.3. The van der Waals surface area contributed by atoms with Gasteiger partial charge in [0.15, 0.2) is 5.78 Å². The number of aromatic hydroxyl groups is 2. The summed E-state index contributed by atoms with van der Waals surface area (Å²) in [4.78, 5) is 24.0. The second kappa shape index (κ2) is 3.87. The normalized spacial score (nSPS) is 14.3. The molecule has 1 aliphatic rings. The number of phenols is 2.